The maximum absolute atomic E-state index is 12.1. The molecule has 1 aliphatic heterocycles. The van der Waals surface area contributed by atoms with Crippen LogP contribution in [-0.4, -0.2) is 36.2 Å². The van der Waals surface area contributed by atoms with Gasteiger partial charge < -0.3 is 19.9 Å². The first-order valence-corrected chi connectivity index (χ1v) is 7.38. The molecular weight excluding hydrogens is 328 g/mol. The van der Waals surface area contributed by atoms with Crippen LogP contribution >= 0.6 is 0 Å². The number of imide groups is 1. The number of anilines is 1. The normalized spacial score (nSPS) is 12.2. The monoisotopic (exact) mass is 342 g/mol. The summed E-state index contributed by atoms with van der Waals surface area (Å²) < 4.78 is 10.8. The maximum atomic E-state index is 12.1. The lowest BCUT2D eigenvalue weighted by molar-refractivity contribution is 0.0696. The maximum Gasteiger partial charge on any atom is 0.335 e. The Balaban J connectivity index is 1.62. The van der Waals surface area contributed by atoms with Crippen molar-refractivity contribution in [3.8, 4) is 11.5 Å². The van der Waals surface area contributed by atoms with Crippen LogP contribution in [-0.2, 0) is 0 Å². The fourth-order valence-corrected chi connectivity index (χ4v) is 2.22. The number of fused-ring (bicyclic) bond motifs is 1. The Morgan fingerprint density at radius 1 is 0.880 bits per heavy atom. The topological polar surface area (TPSA) is 114 Å². The lowest BCUT2D eigenvalue weighted by atomic mass is 10.2. The second-order valence-corrected chi connectivity index (χ2v) is 5.15. The standard InChI is InChI=1S/C17H14N2O6/c20-15(11-3-6-13-14(9-11)25-8-7-24-13)19-17(23)18-12-4-1-10(2-5-12)16(21)22/h1-6,9H,7-8H2,(H,21,22)(H2,18,19,20,23). The van der Waals surface area contributed by atoms with E-state index in [2.05, 4.69) is 10.6 Å². The molecule has 0 saturated carbocycles. The minimum absolute atomic E-state index is 0.0957. The van der Waals surface area contributed by atoms with Crippen LogP contribution in [0.5, 0.6) is 11.5 Å². The van der Waals surface area contributed by atoms with Crippen LogP contribution in [0.2, 0.25) is 0 Å². The molecule has 3 amide bonds. The van der Waals surface area contributed by atoms with E-state index in [4.69, 9.17) is 14.6 Å². The smallest absolute Gasteiger partial charge is 0.335 e. The minimum atomic E-state index is -1.07. The van der Waals surface area contributed by atoms with E-state index >= 15 is 0 Å². The number of hydrogen-bond acceptors (Lipinski definition) is 5. The van der Waals surface area contributed by atoms with Gasteiger partial charge >= 0.3 is 12.0 Å². The molecule has 0 radical (unpaired) electrons. The SMILES string of the molecule is O=C(NC(=O)c1ccc2c(c1)OCCO2)Nc1ccc(C(=O)O)cc1. The summed E-state index contributed by atoms with van der Waals surface area (Å²) >= 11 is 0. The first kappa shape index (κ1) is 16.3. The average Bonchev–Trinajstić information content (AvgIpc) is 2.61. The Labute approximate surface area is 142 Å². The molecule has 2 aromatic rings. The van der Waals surface area contributed by atoms with E-state index in [0.29, 0.717) is 30.4 Å². The molecule has 0 fully saturated rings. The first-order chi connectivity index (χ1) is 12.0. The molecule has 8 heteroatoms. The molecule has 0 atom stereocenters. The van der Waals surface area contributed by atoms with Gasteiger partial charge in [-0.25, -0.2) is 9.59 Å². The van der Waals surface area contributed by atoms with Gasteiger partial charge in [-0.1, -0.05) is 0 Å². The van der Waals surface area contributed by atoms with Gasteiger partial charge in [0.25, 0.3) is 5.91 Å². The molecule has 25 heavy (non-hydrogen) atoms. The number of nitrogens with one attached hydrogen (secondary N) is 2. The number of carbonyl (C=O) groups excluding carboxylic acids is 2. The number of amides is 3. The van der Waals surface area contributed by atoms with E-state index in [9.17, 15) is 14.4 Å². The van der Waals surface area contributed by atoms with Crippen LogP contribution < -0.4 is 20.1 Å². The van der Waals surface area contributed by atoms with Gasteiger partial charge in [-0.05, 0) is 42.5 Å². The predicted molar refractivity (Wildman–Crippen MR) is 87.3 cm³/mol. The Hall–Kier alpha value is -3.55. The molecule has 0 spiro atoms. The van der Waals surface area contributed by atoms with Crippen molar-refractivity contribution in [3.63, 3.8) is 0 Å². The van der Waals surface area contributed by atoms with Crippen molar-refractivity contribution in [1.82, 2.24) is 5.32 Å². The number of carboxylic acids is 1. The van der Waals surface area contributed by atoms with Crippen LogP contribution in [0.3, 0.4) is 0 Å². The first-order valence-electron chi connectivity index (χ1n) is 7.38. The molecule has 1 heterocycles. The van der Waals surface area contributed by atoms with Gasteiger partial charge in [-0.2, -0.15) is 0 Å². The number of aromatic carboxylic acids is 1. The van der Waals surface area contributed by atoms with E-state index < -0.39 is 17.9 Å². The summed E-state index contributed by atoms with van der Waals surface area (Å²) in [5.74, 6) is -0.671. The highest BCUT2D eigenvalue weighted by Crippen LogP contribution is 2.30. The van der Waals surface area contributed by atoms with Gasteiger partial charge in [-0.15, -0.1) is 0 Å². The summed E-state index contributed by atoms with van der Waals surface area (Å²) in [5, 5.41) is 13.5. The Morgan fingerprint density at radius 2 is 1.52 bits per heavy atom. The number of rotatable bonds is 3. The van der Waals surface area contributed by atoms with Crippen molar-refractivity contribution in [3.05, 3.63) is 53.6 Å². The van der Waals surface area contributed by atoms with Gasteiger partial charge in [0.1, 0.15) is 13.2 Å². The third kappa shape index (κ3) is 3.86. The molecule has 3 N–H and O–H groups in total. The van der Waals surface area contributed by atoms with Crippen LogP contribution in [0.15, 0.2) is 42.5 Å². The molecule has 0 aromatic heterocycles. The molecule has 3 rings (SSSR count). The van der Waals surface area contributed by atoms with Crippen LogP contribution in [0.25, 0.3) is 0 Å². The van der Waals surface area contributed by atoms with Crippen molar-refractivity contribution in [2.24, 2.45) is 0 Å². The molecule has 0 aliphatic carbocycles. The highest BCUT2D eigenvalue weighted by molar-refractivity contribution is 6.08. The largest absolute Gasteiger partial charge is 0.486 e. The molecular formula is C17H14N2O6. The zero-order chi connectivity index (χ0) is 17.8. The molecule has 0 unspecified atom stereocenters. The average molecular weight is 342 g/mol. The van der Waals surface area contributed by atoms with Crippen LogP contribution in [0, 0.1) is 0 Å². The molecule has 8 nitrogen and oxygen atoms in total. The highest BCUT2D eigenvalue weighted by Gasteiger charge is 2.16. The second-order valence-electron chi connectivity index (χ2n) is 5.15. The number of carboxylic acid groups (broad SMARTS) is 1. The quantitative estimate of drug-likeness (QED) is 0.787. The van der Waals surface area contributed by atoms with E-state index in [1.165, 1.54) is 36.4 Å². The zero-order valence-corrected chi connectivity index (χ0v) is 12.9. The number of urea groups is 1. The van der Waals surface area contributed by atoms with E-state index in [0.717, 1.165) is 0 Å². The summed E-state index contributed by atoms with van der Waals surface area (Å²) in [5.41, 5.74) is 0.705. The van der Waals surface area contributed by atoms with Crippen LogP contribution in [0.4, 0.5) is 10.5 Å². The fourth-order valence-electron chi connectivity index (χ4n) is 2.22. The summed E-state index contributed by atoms with van der Waals surface area (Å²) in [6.07, 6.45) is 0. The summed E-state index contributed by atoms with van der Waals surface area (Å²) in [6, 6.07) is 9.45. The van der Waals surface area contributed by atoms with Gasteiger partial charge in [0.15, 0.2) is 11.5 Å². The Kier molecular flexibility index (Phi) is 4.51. The Morgan fingerprint density at radius 3 is 2.20 bits per heavy atom. The number of ether oxygens (including phenoxy) is 2. The fraction of sp³-hybridized carbons (Fsp3) is 0.118. The number of benzene rings is 2. The number of carbonyl (C=O) groups is 3. The van der Waals surface area contributed by atoms with Gasteiger partial charge in [-0.3, -0.25) is 10.1 Å². The van der Waals surface area contributed by atoms with Crippen molar-refractivity contribution in [2.45, 2.75) is 0 Å². The Bertz CT molecular complexity index is 832. The summed E-state index contributed by atoms with van der Waals surface area (Å²) in [7, 11) is 0. The van der Waals surface area contributed by atoms with E-state index in [1.54, 1.807) is 6.07 Å². The third-order valence-corrected chi connectivity index (χ3v) is 3.42. The summed E-state index contributed by atoms with van der Waals surface area (Å²) in [6.45, 7) is 0.840. The lowest BCUT2D eigenvalue weighted by Gasteiger charge is -2.18. The van der Waals surface area contributed by atoms with Gasteiger partial charge in [0.05, 0.1) is 5.56 Å². The molecule has 1 aliphatic rings. The van der Waals surface area contributed by atoms with Crippen molar-refractivity contribution >= 4 is 23.6 Å². The van der Waals surface area contributed by atoms with E-state index in [-0.39, 0.29) is 11.1 Å². The van der Waals surface area contributed by atoms with Crippen molar-refractivity contribution < 1.29 is 29.0 Å². The van der Waals surface area contributed by atoms with Crippen molar-refractivity contribution in [1.29, 1.82) is 0 Å². The van der Waals surface area contributed by atoms with Gasteiger partial charge in [0, 0.05) is 11.3 Å². The molecule has 2 aromatic carbocycles. The van der Waals surface area contributed by atoms with Crippen molar-refractivity contribution in [2.75, 3.05) is 18.5 Å². The lowest BCUT2D eigenvalue weighted by Crippen LogP contribution is -2.34. The molecule has 128 valence electrons. The predicted octanol–water partition coefficient (Wildman–Crippen LogP) is 2.12. The third-order valence-electron chi connectivity index (χ3n) is 3.42. The summed E-state index contributed by atoms with van der Waals surface area (Å²) in [4.78, 5) is 34.8. The zero-order valence-electron chi connectivity index (χ0n) is 12.9. The molecule has 0 bridgehead atoms. The second kappa shape index (κ2) is 6.91. The minimum Gasteiger partial charge on any atom is -0.486 e. The van der Waals surface area contributed by atoms with E-state index in [1.807, 2.05) is 0 Å². The number of hydrogen-bond donors (Lipinski definition) is 3. The van der Waals surface area contributed by atoms with Crippen LogP contribution in [0.1, 0.15) is 20.7 Å². The highest BCUT2D eigenvalue weighted by atomic mass is 16.6. The van der Waals surface area contributed by atoms with Gasteiger partial charge in [0.2, 0.25) is 0 Å². The molecule has 0 saturated heterocycles.